The van der Waals surface area contributed by atoms with Crippen LogP contribution in [0.15, 0.2) is 30.3 Å². The molecule has 0 saturated heterocycles. The van der Waals surface area contributed by atoms with Gasteiger partial charge in [0.1, 0.15) is 0 Å². The first-order valence-electron chi connectivity index (χ1n) is 7.31. The Morgan fingerprint density at radius 3 is 2.43 bits per heavy atom. The summed E-state index contributed by atoms with van der Waals surface area (Å²) in [5.74, 6) is 2.54. The van der Waals surface area contributed by atoms with Crippen molar-refractivity contribution in [3.05, 3.63) is 41.5 Å². The average Bonchev–Trinajstić information content (AvgIpc) is 2.74. The molecule has 1 aliphatic rings. The van der Waals surface area contributed by atoms with E-state index in [1.165, 1.54) is 35.6 Å². The van der Waals surface area contributed by atoms with Gasteiger partial charge in [0.25, 0.3) is 0 Å². The van der Waals surface area contributed by atoms with Crippen molar-refractivity contribution in [3.63, 3.8) is 0 Å². The summed E-state index contributed by atoms with van der Waals surface area (Å²) in [4.78, 5) is 0. The molecule has 1 radical (unpaired) electrons. The fraction of sp³-hybridized carbons (Fsp3) is 0.500. The van der Waals surface area contributed by atoms with Crippen LogP contribution < -0.4 is 24.8 Å². The zero-order chi connectivity index (χ0) is 12.7. The summed E-state index contributed by atoms with van der Waals surface area (Å²) < 4.78 is 0. The maximum atomic E-state index is 2.45. The molecule has 0 amide bonds. The van der Waals surface area contributed by atoms with Crippen LogP contribution >= 0.6 is 0 Å². The number of rotatable bonds is 1. The molecular weight excluding hydrogens is 378 g/mol. The quantitative estimate of drug-likeness (QED) is 0.561. The van der Waals surface area contributed by atoms with E-state index < -0.39 is 0 Å². The molecule has 2 aromatic carbocycles. The third kappa shape index (κ3) is 4.40. The number of hydrogen-bond acceptors (Lipinski definition) is 0. The van der Waals surface area contributed by atoms with Gasteiger partial charge in [0, 0.05) is 0 Å². The van der Waals surface area contributed by atoms with Crippen LogP contribution in [0.1, 0.15) is 50.2 Å². The topological polar surface area (TPSA) is 0 Å². The number of fused-ring (bicyclic) bond motifs is 1. The predicted octanol–water partition coefficient (Wildman–Crippen LogP) is -0.588. The number of aryl methyl sites for hydroxylation is 1. The van der Waals surface area contributed by atoms with Crippen molar-refractivity contribution in [2.24, 2.45) is 11.8 Å². The maximum absolute atomic E-state index is 2.45. The van der Waals surface area contributed by atoms with Crippen LogP contribution in [0.2, 0.25) is 0 Å². The van der Waals surface area contributed by atoms with Crippen molar-refractivity contribution in [2.75, 3.05) is 0 Å². The molecule has 113 valence electrons. The van der Waals surface area contributed by atoms with Gasteiger partial charge in [0.2, 0.25) is 0 Å². The van der Waals surface area contributed by atoms with Crippen LogP contribution in [0.3, 0.4) is 0 Å². The van der Waals surface area contributed by atoms with E-state index in [-0.39, 0.29) is 51.0 Å². The maximum Gasteiger partial charge on any atom is 3.00 e. The average molecular weight is 402 g/mol. The summed E-state index contributed by atoms with van der Waals surface area (Å²) in [5, 5.41) is 2.88. The van der Waals surface area contributed by atoms with Crippen molar-refractivity contribution in [1.29, 1.82) is 0 Å². The van der Waals surface area contributed by atoms with Crippen molar-refractivity contribution < 1.29 is 51.0 Å². The predicted molar refractivity (Wildman–Crippen MR) is 79.2 cm³/mol. The molecule has 0 N–H and O–H groups in total. The largest absolute Gasteiger partial charge is 3.00 e. The van der Waals surface area contributed by atoms with Crippen LogP contribution in [0.4, 0.5) is 0 Å². The molecule has 3 rings (SSSR count). The molecule has 21 heavy (non-hydrogen) atoms. The van der Waals surface area contributed by atoms with Crippen molar-refractivity contribution >= 4 is 10.8 Å². The number of benzene rings is 1. The molecule has 1 saturated carbocycles. The van der Waals surface area contributed by atoms with E-state index in [0.29, 0.717) is 0 Å². The Bertz CT molecular complexity index is 561. The Hall–Kier alpha value is 0.293. The smallest absolute Gasteiger partial charge is 1.00 e. The minimum absolute atomic E-state index is 0. The first-order chi connectivity index (χ1) is 8.65. The Morgan fingerprint density at radius 2 is 1.81 bits per heavy atom. The summed E-state index contributed by atoms with van der Waals surface area (Å²) in [6.45, 7) is 7.06. The zero-order valence-electron chi connectivity index (χ0n) is 13.0. The van der Waals surface area contributed by atoms with E-state index in [2.05, 4.69) is 51.1 Å². The minimum atomic E-state index is 0. The van der Waals surface area contributed by atoms with E-state index in [4.69, 9.17) is 0 Å². The molecule has 0 aromatic heterocycles. The molecule has 2 aromatic rings. The minimum Gasteiger partial charge on any atom is -1.00 e. The first-order valence-corrected chi connectivity index (χ1v) is 7.31. The monoisotopic (exact) mass is 399 g/mol. The summed E-state index contributed by atoms with van der Waals surface area (Å²) >= 11 is 0. The van der Waals surface area contributed by atoms with Crippen LogP contribution in [0.5, 0.6) is 0 Å². The van der Waals surface area contributed by atoms with Gasteiger partial charge in [-0.2, -0.15) is 6.07 Å². The summed E-state index contributed by atoms with van der Waals surface area (Å²) in [6.07, 6.45) is 4.17. The van der Waals surface area contributed by atoms with Gasteiger partial charge >= 0.3 is 26.2 Å². The van der Waals surface area contributed by atoms with Gasteiger partial charge in [0.15, 0.2) is 0 Å². The van der Waals surface area contributed by atoms with Crippen molar-refractivity contribution in [2.45, 2.75) is 46.0 Å². The van der Waals surface area contributed by atoms with Crippen molar-refractivity contribution in [1.82, 2.24) is 0 Å². The Kier molecular flexibility index (Phi) is 8.93. The van der Waals surface area contributed by atoms with E-state index in [9.17, 15) is 0 Å². The molecule has 3 heteroatoms. The second-order valence-electron chi connectivity index (χ2n) is 6.37. The molecule has 3 unspecified atom stereocenters. The SMILES string of the molecule is Cc1cccc2cc(C3CCC(C)CC3C)[cH-]c12.[Cl-].[Cl-].[Zr+3]. The third-order valence-electron chi connectivity index (χ3n) is 4.85. The fourth-order valence-corrected chi connectivity index (χ4v) is 3.79. The molecular formula is C18H23Cl2Zr. The van der Waals surface area contributed by atoms with Gasteiger partial charge in [-0.1, -0.05) is 33.3 Å². The van der Waals surface area contributed by atoms with E-state index in [0.717, 1.165) is 17.8 Å². The van der Waals surface area contributed by atoms with Crippen LogP contribution in [-0.2, 0) is 26.2 Å². The molecule has 0 nitrogen and oxygen atoms in total. The Morgan fingerprint density at radius 1 is 1.10 bits per heavy atom. The number of hydrogen-bond donors (Lipinski definition) is 0. The number of halogens is 2. The van der Waals surface area contributed by atoms with Gasteiger partial charge in [-0.25, -0.2) is 0 Å². The van der Waals surface area contributed by atoms with E-state index in [1.54, 1.807) is 5.56 Å². The molecule has 1 fully saturated rings. The first kappa shape index (κ1) is 21.3. The molecule has 0 heterocycles. The van der Waals surface area contributed by atoms with Crippen LogP contribution in [-0.4, -0.2) is 0 Å². The Labute approximate surface area is 160 Å². The van der Waals surface area contributed by atoms with Gasteiger partial charge in [-0.05, 0) is 30.6 Å². The molecule has 0 bridgehead atoms. The summed E-state index contributed by atoms with van der Waals surface area (Å²) in [7, 11) is 0. The van der Waals surface area contributed by atoms with Gasteiger partial charge in [-0.3, -0.25) is 0 Å². The van der Waals surface area contributed by atoms with Gasteiger partial charge < -0.3 is 24.8 Å². The second-order valence-corrected chi connectivity index (χ2v) is 6.37. The zero-order valence-corrected chi connectivity index (χ0v) is 17.0. The molecule has 3 atom stereocenters. The normalized spacial score (nSPS) is 24.6. The summed E-state index contributed by atoms with van der Waals surface area (Å²) in [6, 6.07) is 11.5. The second kappa shape index (κ2) is 8.80. The molecule has 1 aliphatic carbocycles. The van der Waals surface area contributed by atoms with Gasteiger partial charge in [0.05, 0.1) is 0 Å². The fourth-order valence-electron chi connectivity index (χ4n) is 3.79. The third-order valence-corrected chi connectivity index (χ3v) is 4.85. The van der Waals surface area contributed by atoms with E-state index in [1.807, 2.05) is 0 Å². The molecule has 0 aliphatic heterocycles. The standard InChI is InChI=1S/C18H23.2ClH.Zr/c1-12-7-8-17(14(3)9-12)16-10-15-6-4-5-13(2)18(15)11-16;;;/h4-6,10-12,14,17H,7-9H2,1-3H3;2*1H;/q-1;;;+3/p-2. The molecule has 0 spiro atoms. The Balaban J connectivity index is 0.00000133. The van der Waals surface area contributed by atoms with Gasteiger partial charge in [-0.15, -0.1) is 40.1 Å². The van der Waals surface area contributed by atoms with Crippen molar-refractivity contribution in [3.8, 4) is 0 Å². The van der Waals surface area contributed by atoms with E-state index >= 15 is 0 Å². The van der Waals surface area contributed by atoms with Crippen LogP contribution in [0.25, 0.3) is 10.8 Å². The summed E-state index contributed by atoms with van der Waals surface area (Å²) in [5.41, 5.74) is 2.99. The van der Waals surface area contributed by atoms with Crippen LogP contribution in [0, 0.1) is 18.8 Å².